The Hall–Kier alpha value is -3.33. The van der Waals surface area contributed by atoms with Gasteiger partial charge in [-0.1, -0.05) is 37.3 Å². The molecule has 27 heavy (non-hydrogen) atoms. The van der Waals surface area contributed by atoms with Crippen LogP contribution in [0.2, 0.25) is 0 Å². The van der Waals surface area contributed by atoms with Gasteiger partial charge in [0, 0.05) is 28.4 Å². The summed E-state index contributed by atoms with van der Waals surface area (Å²) in [5, 5.41) is 4.22. The summed E-state index contributed by atoms with van der Waals surface area (Å²) in [5.41, 5.74) is 7.17. The van der Waals surface area contributed by atoms with Gasteiger partial charge in [-0.05, 0) is 72.0 Å². The number of aryl methyl sites for hydroxylation is 2. The standard InChI is InChI=1S/C24H22N2O/c1-3-17-7-9-18(10-8-17)24(27)26-20-14-16(2)13-19(15-20)21-5-4-6-23-22(21)11-12-25-23/h4-15,25H,3H2,1-2H3,(H,26,27). The van der Waals surface area contributed by atoms with Crippen LogP contribution in [0.25, 0.3) is 22.0 Å². The van der Waals surface area contributed by atoms with Gasteiger partial charge in [-0.2, -0.15) is 0 Å². The van der Waals surface area contributed by atoms with E-state index in [0.29, 0.717) is 5.56 Å². The molecule has 0 aliphatic carbocycles. The quantitative estimate of drug-likeness (QED) is 0.467. The maximum Gasteiger partial charge on any atom is 0.255 e. The Balaban J connectivity index is 1.66. The lowest BCUT2D eigenvalue weighted by Gasteiger charge is -2.11. The highest BCUT2D eigenvalue weighted by Gasteiger charge is 2.10. The van der Waals surface area contributed by atoms with Crippen LogP contribution >= 0.6 is 0 Å². The van der Waals surface area contributed by atoms with E-state index in [2.05, 4.69) is 41.5 Å². The normalized spacial score (nSPS) is 10.9. The van der Waals surface area contributed by atoms with Crippen molar-refractivity contribution in [2.45, 2.75) is 20.3 Å². The summed E-state index contributed by atoms with van der Waals surface area (Å²) in [6.45, 7) is 4.15. The lowest BCUT2D eigenvalue weighted by Crippen LogP contribution is -2.12. The van der Waals surface area contributed by atoms with Crippen LogP contribution in [-0.2, 0) is 6.42 Å². The largest absolute Gasteiger partial charge is 0.361 e. The van der Waals surface area contributed by atoms with Gasteiger partial charge in [0.15, 0.2) is 0 Å². The van der Waals surface area contributed by atoms with Crippen LogP contribution in [0.3, 0.4) is 0 Å². The Labute approximate surface area is 159 Å². The van der Waals surface area contributed by atoms with Gasteiger partial charge < -0.3 is 10.3 Å². The van der Waals surface area contributed by atoms with E-state index in [1.54, 1.807) is 0 Å². The first-order valence-electron chi connectivity index (χ1n) is 9.22. The fourth-order valence-electron chi connectivity index (χ4n) is 3.44. The minimum Gasteiger partial charge on any atom is -0.361 e. The average Bonchev–Trinajstić information content (AvgIpc) is 3.16. The summed E-state index contributed by atoms with van der Waals surface area (Å²) in [7, 11) is 0. The third-order valence-electron chi connectivity index (χ3n) is 4.87. The molecule has 4 rings (SSSR count). The third-order valence-corrected chi connectivity index (χ3v) is 4.87. The van der Waals surface area contributed by atoms with Crippen molar-refractivity contribution in [3.63, 3.8) is 0 Å². The van der Waals surface area contributed by atoms with Gasteiger partial charge in [0.05, 0.1) is 0 Å². The smallest absolute Gasteiger partial charge is 0.255 e. The number of carbonyl (C=O) groups is 1. The van der Waals surface area contributed by atoms with Crippen molar-refractivity contribution in [3.8, 4) is 11.1 Å². The van der Waals surface area contributed by atoms with Crippen LogP contribution in [0.4, 0.5) is 5.69 Å². The fourth-order valence-corrected chi connectivity index (χ4v) is 3.44. The number of anilines is 1. The highest BCUT2D eigenvalue weighted by atomic mass is 16.1. The van der Waals surface area contributed by atoms with Gasteiger partial charge in [-0.15, -0.1) is 0 Å². The minimum atomic E-state index is -0.0888. The van der Waals surface area contributed by atoms with E-state index >= 15 is 0 Å². The van der Waals surface area contributed by atoms with Crippen molar-refractivity contribution < 1.29 is 4.79 Å². The van der Waals surface area contributed by atoms with E-state index in [-0.39, 0.29) is 5.91 Å². The van der Waals surface area contributed by atoms with Gasteiger partial charge in [-0.25, -0.2) is 0 Å². The molecular formula is C24H22N2O. The molecule has 0 fully saturated rings. The van der Waals surface area contributed by atoms with E-state index in [9.17, 15) is 4.79 Å². The van der Waals surface area contributed by atoms with Crippen molar-refractivity contribution in [2.24, 2.45) is 0 Å². The molecule has 0 saturated heterocycles. The average molecular weight is 354 g/mol. The Morgan fingerprint density at radius 1 is 1.00 bits per heavy atom. The number of H-pyrrole nitrogens is 1. The number of hydrogen-bond donors (Lipinski definition) is 2. The summed E-state index contributed by atoms with van der Waals surface area (Å²) in [5.74, 6) is -0.0888. The summed E-state index contributed by atoms with van der Waals surface area (Å²) in [6.07, 6.45) is 2.92. The van der Waals surface area contributed by atoms with E-state index in [4.69, 9.17) is 0 Å². The van der Waals surface area contributed by atoms with E-state index in [1.807, 2.05) is 55.6 Å². The lowest BCUT2D eigenvalue weighted by atomic mass is 9.99. The molecule has 0 atom stereocenters. The Kier molecular flexibility index (Phi) is 4.51. The van der Waals surface area contributed by atoms with Gasteiger partial charge in [0.25, 0.3) is 5.91 Å². The van der Waals surface area contributed by atoms with Crippen molar-refractivity contribution in [2.75, 3.05) is 5.32 Å². The molecule has 0 saturated carbocycles. The number of amides is 1. The number of benzene rings is 3. The number of fused-ring (bicyclic) bond motifs is 1. The number of aromatic amines is 1. The van der Waals surface area contributed by atoms with E-state index < -0.39 is 0 Å². The molecule has 3 heteroatoms. The molecule has 0 unspecified atom stereocenters. The van der Waals surface area contributed by atoms with E-state index in [1.165, 1.54) is 10.9 Å². The summed E-state index contributed by atoms with van der Waals surface area (Å²) < 4.78 is 0. The second-order valence-corrected chi connectivity index (χ2v) is 6.84. The molecule has 0 bridgehead atoms. The molecule has 0 radical (unpaired) electrons. The number of aromatic nitrogens is 1. The highest BCUT2D eigenvalue weighted by Crippen LogP contribution is 2.31. The molecule has 1 amide bonds. The Morgan fingerprint density at radius 3 is 2.59 bits per heavy atom. The zero-order valence-corrected chi connectivity index (χ0v) is 15.5. The predicted octanol–water partition coefficient (Wildman–Crippen LogP) is 5.96. The van der Waals surface area contributed by atoms with Crippen molar-refractivity contribution >= 4 is 22.5 Å². The van der Waals surface area contributed by atoms with Crippen molar-refractivity contribution in [1.82, 2.24) is 4.98 Å². The summed E-state index contributed by atoms with van der Waals surface area (Å²) >= 11 is 0. The first-order chi connectivity index (χ1) is 13.1. The fraction of sp³-hybridized carbons (Fsp3) is 0.125. The lowest BCUT2D eigenvalue weighted by molar-refractivity contribution is 0.102. The molecule has 0 aliphatic heterocycles. The molecule has 0 spiro atoms. The van der Waals surface area contributed by atoms with Crippen LogP contribution in [-0.4, -0.2) is 10.9 Å². The molecule has 1 heterocycles. The number of nitrogens with one attached hydrogen (secondary N) is 2. The molecular weight excluding hydrogens is 332 g/mol. The topological polar surface area (TPSA) is 44.9 Å². The van der Waals surface area contributed by atoms with Crippen LogP contribution in [0.15, 0.2) is 72.9 Å². The number of hydrogen-bond acceptors (Lipinski definition) is 1. The molecule has 4 aromatic rings. The first-order valence-corrected chi connectivity index (χ1v) is 9.22. The molecule has 2 N–H and O–H groups in total. The number of carbonyl (C=O) groups excluding carboxylic acids is 1. The van der Waals surface area contributed by atoms with E-state index in [0.717, 1.165) is 34.3 Å². The third kappa shape index (κ3) is 3.49. The summed E-state index contributed by atoms with van der Waals surface area (Å²) in [6, 6.07) is 22.3. The van der Waals surface area contributed by atoms with Gasteiger partial charge in [0.1, 0.15) is 0 Å². The van der Waals surface area contributed by atoms with Crippen molar-refractivity contribution in [3.05, 3.63) is 89.6 Å². The zero-order valence-electron chi connectivity index (χ0n) is 15.5. The van der Waals surface area contributed by atoms with Crippen LogP contribution in [0, 0.1) is 6.92 Å². The minimum absolute atomic E-state index is 0.0888. The maximum absolute atomic E-state index is 12.6. The SMILES string of the molecule is CCc1ccc(C(=O)Nc2cc(C)cc(-c3cccc4[nH]ccc34)c2)cc1. The van der Waals surface area contributed by atoms with Gasteiger partial charge in [0.2, 0.25) is 0 Å². The first kappa shape index (κ1) is 17.1. The zero-order chi connectivity index (χ0) is 18.8. The monoisotopic (exact) mass is 354 g/mol. The molecule has 0 aliphatic rings. The highest BCUT2D eigenvalue weighted by molar-refractivity contribution is 6.05. The second kappa shape index (κ2) is 7.12. The van der Waals surface area contributed by atoms with Gasteiger partial charge in [-0.3, -0.25) is 4.79 Å². The van der Waals surface area contributed by atoms with Crippen molar-refractivity contribution in [1.29, 1.82) is 0 Å². The molecule has 3 aromatic carbocycles. The van der Waals surface area contributed by atoms with Gasteiger partial charge >= 0.3 is 0 Å². The predicted molar refractivity (Wildman–Crippen MR) is 112 cm³/mol. The van der Waals surface area contributed by atoms with Crippen LogP contribution in [0.5, 0.6) is 0 Å². The second-order valence-electron chi connectivity index (χ2n) is 6.84. The Bertz CT molecular complexity index is 1110. The molecule has 134 valence electrons. The summed E-state index contributed by atoms with van der Waals surface area (Å²) in [4.78, 5) is 15.9. The number of rotatable bonds is 4. The van der Waals surface area contributed by atoms with Crippen LogP contribution < -0.4 is 5.32 Å². The molecule has 1 aromatic heterocycles. The Morgan fingerprint density at radius 2 is 1.81 bits per heavy atom. The molecule has 3 nitrogen and oxygen atoms in total. The van der Waals surface area contributed by atoms with Crippen LogP contribution in [0.1, 0.15) is 28.4 Å². The maximum atomic E-state index is 12.6.